The Morgan fingerprint density at radius 2 is 0.732 bits per heavy atom. The Balaban J connectivity index is 1.58. The fraction of sp³-hybridized carbons (Fsp3) is 0.109. The van der Waals surface area contributed by atoms with Crippen LogP contribution >= 0.6 is 0 Å². The SMILES string of the molecule is C=Cc1cc(-c2ccc(C)cc2)c([C](=[Zr+2])c2c(-c3ccc(C)cc3)cc(C=C)c(C3C=CC=C3)c2-c2ccc(C)cc2)c(-c2ccc(C)cc2)c1C1C=CC=C1. The van der Waals surface area contributed by atoms with Gasteiger partial charge >= 0.3 is 350 Å². The number of benzene rings is 6. The third-order valence-corrected chi connectivity index (χ3v) is 12.5. The third-order valence-electron chi connectivity index (χ3n) is 11.3. The van der Waals surface area contributed by atoms with E-state index in [2.05, 4.69) is 211 Å². The van der Waals surface area contributed by atoms with Gasteiger partial charge in [-0.05, 0) is 0 Å². The van der Waals surface area contributed by atoms with Gasteiger partial charge in [0.2, 0.25) is 0 Å². The molecule has 1 heteroatoms. The maximum absolute atomic E-state index is 4.42. The van der Waals surface area contributed by atoms with Crippen LogP contribution in [0.3, 0.4) is 0 Å². The molecule has 56 heavy (non-hydrogen) atoms. The van der Waals surface area contributed by atoms with E-state index >= 15 is 0 Å². The van der Waals surface area contributed by atoms with Crippen LogP contribution in [0, 0.1) is 27.7 Å². The fourth-order valence-corrected chi connectivity index (χ4v) is 9.63. The molecule has 0 unspecified atom stereocenters. The second-order valence-electron chi connectivity index (χ2n) is 15.2. The average molecular weight is 798 g/mol. The van der Waals surface area contributed by atoms with E-state index in [9.17, 15) is 0 Å². The summed E-state index contributed by atoms with van der Waals surface area (Å²) in [6.07, 6.45) is 22.1. The first-order valence-corrected chi connectivity index (χ1v) is 20.7. The van der Waals surface area contributed by atoms with Gasteiger partial charge in [-0.15, -0.1) is 0 Å². The van der Waals surface area contributed by atoms with Gasteiger partial charge in [0.05, 0.1) is 0 Å². The summed E-state index contributed by atoms with van der Waals surface area (Å²) in [5, 5.41) is 0. The molecule has 0 N–H and O–H groups in total. The van der Waals surface area contributed by atoms with Crippen molar-refractivity contribution in [3.8, 4) is 44.5 Å². The quantitative estimate of drug-likeness (QED) is 0.130. The van der Waals surface area contributed by atoms with E-state index in [-0.39, 0.29) is 11.8 Å². The van der Waals surface area contributed by atoms with E-state index in [0.717, 1.165) is 11.1 Å². The van der Waals surface area contributed by atoms with E-state index in [4.69, 9.17) is 0 Å². The molecule has 2 aliphatic rings. The van der Waals surface area contributed by atoms with Crippen molar-refractivity contribution in [3.63, 3.8) is 0 Å². The van der Waals surface area contributed by atoms with Gasteiger partial charge in [-0.2, -0.15) is 0 Å². The Morgan fingerprint density at radius 1 is 0.446 bits per heavy atom. The number of hydrogen-bond acceptors (Lipinski definition) is 0. The van der Waals surface area contributed by atoms with Gasteiger partial charge in [-0.1, -0.05) is 0 Å². The molecule has 0 aromatic heterocycles. The second-order valence-corrected chi connectivity index (χ2v) is 16.4. The van der Waals surface area contributed by atoms with Crippen molar-refractivity contribution in [3.05, 3.63) is 227 Å². The molecule has 0 amide bonds. The van der Waals surface area contributed by atoms with Crippen LogP contribution in [0.25, 0.3) is 56.7 Å². The molecule has 0 radical (unpaired) electrons. The standard InChI is InChI=1S/C55H46.Zr/c1-7-40-33-48(42-25-17-36(3)18-26-42)50(54(46-29-21-38(5)22-30-46)52(40)44-13-9-10-14-44)35-51-49(43-27-19-37(4)20-28-43)34-41(8-2)53(45-15-11-12-16-45)55(51)47-31-23-39(6)24-32-47;/h7-34,44-45H,1-2H2,3-6H3;/q;+2. The van der Waals surface area contributed by atoms with Crippen molar-refractivity contribution < 1.29 is 24.2 Å². The Bertz CT molecular complexity index is 2410. The van der Waals surface area contributed by atoms with E-state index in [1.54, 1.807) is 0 Å². The molecule has 0 aliphatic heterocycles. The zero-order chi connectivity index (χ0) is 38.9. The molecule has 6 aromatic rings. The summed E-state index contributed by atoms with van der Waals surface area (Å²) in [5.74, 6) is 0.239. The number of allylic oxidation sites excluding steroid dienone is 8. The zero-order valence-electron chi connectivity index (χ0n) is 32.7. The van der Waals surface area contributed by atoms with Gasteiger partial charge in [0.1, 0.15) is 0 Å². The maximum atomic E-state index is 4.42. The second kappa shape index (κ2) is 15.9. The normalized spacial score (nSPS) is 13.5. The molecule has 0 saturated heterocycles. The van der Waals surface area contributed by atoms with Crippen molar-refractivity contribution in [1.82, 2.24) is 0 Å². The molecule has 2 aliphatic carbocycles. The third kappa shape index (κ3) is 7.06. The molecular weight excluding hydrogens is 752 g/mol. The zero-order valence-corrected chi connectivity index (χ0v) is 35.2. The molecule has 0 atom stereocenters. The molecule has 0 nitrogen and oxygen atoms in total. The van der Waals surface area contributed by atoms with Crippen LogP contribution in [0.1, 0.15) is 67.5 Å². The van der Waals surface area contributed by atoms with Crippen LogP contribution in [0.15, 0.2) is 171 Å². The Morgan fingerprint density at radius 3 is 1.02 bits per heavy atom. The van der Waals surface area contributed by atoms with Crippen LogP contribution in [0.4, 0.5) is 0 Å². The summed E-state index contributed by atoms with van der Waals surface area (Å²) in [4.78, 5) is 0. The molecule has 6 aromatic carbocycles. The van der Waals surface area contributed by atoms with Crippen LogP contribution < -0.4 is 0 Å². The van der Waals surface area contributed by atoms with E-state index in [0.29, 0.717) is 0 Å². The summed E-state index contributed by atoms with van der Waals surface area (Å²) in [6, 6.07) is 41.2. The van der Waals surface area contributed by atoms with Gasteiger partial charge in [-0.3, -0.25) is 0 Å². The van der Waals surface area contributed by atoms with E-state index in [1.165, 1.54) is 116 Å². The van der Waals surface area contributed by atoms with Gasteiger partial charge in [0.15, 0.2) is 0 Å². The van der Waals surface area contributed by atoms with Crippen LogP contribution in [-0.4, -0.2) is 3.21 Å². The van der Waals surface area contributed by atoms with Gasteiger partial charge in [-0.25, -0.2) is 0 Å². The van der Waals surface area contributed by atoms with Gasteiger partial charge < -0.3 is 0 Å². The molecule has 0 saturated carbocycles. The fourth-order valence-electron chi connectivity index (χ4n) is 8.35. The molecule has 0 spiro atoms. The minimum absolute atomic E-state index is 0.120. The van der Waals surface area contributed by atoms with Crippen molar-refractivity contribution in [2.45, 2.75) is 39.5 Å². The summed E-state index contributed by atoms with van der Waals surface area (Å²) in [5.41, 5.74) is 22.2. The molecular formula is C55H46Zr+2. The van der Waals surface area contributed by atoms with Crippen LogP contribution in [0.2, 0.25) is 0 Å². The van der Waals surface area contributed by atoms with Crippen LogP contribution in [-0.2, 0) is 24.2 Å². The summed E-state index contributed by atoms with van der Waals surface area (Å²) in [6.45, 7) is 17.5. The van der Waals surface area contributed by atoms with E-state index < -0.39 is 0 Å². The molecule has 0 bridgehead atoms. The summed E-state index contributed by atoms with van der Waals surface area (Å²) in [7, 11) is 0. The monoisotopic (exact) mass is 796 g/mol. The molecule has 268 valence electrons. The van der Waals surface area contributed by atoms with Crippen LogP contribution in [0.5, 0.6) is 0 Å². The number of rotatable bonds is 10. The van der Waals surface area contributed by atoms with Crippen molar-refractivity contribution in [1.29, 1.82) is 0 Å². The Labute approximate surface area is 348 Å². The first kappa shape index (κ1) is 37.4. The first-order chi connectivity index (χ1) is 27.2. The van der Waals surface area contributed by atoms with Crippen molar-refractivity contribution in [2.24, 2.45) is 0 Å². The van der Waals surface area contributed by atoms with Crippen molar-refractivity contribution >= 4 is 15.4 Å². The van der Waals surface area contributed by atoms with E-state index in [1.807, 2.05) is 0 Å². The minimum atomic E-state index is 0.120. The first-order valence-electron chi connectivity index (χ1n) is 19.5. The molecule has 8 rings (SSSR count). The number of hydrogen-bond donors (Lipinski definition) is 0. The number of aryl methyl sites for hydroxylation is 4. The van der Waals surface area contributed by atoms with Crippen molar-refractivity contribution in [2.75, 3.05) is 0 Å². The van der Waals surface area contributed by atoms with Gasteiger partial charge in [0, 0.05) is 0 Å². The molecule has 0 heterocycles. The molecule has 0 fully saturated rings. The van der Waals surface area contributed by atoms with Gasteiger partial charge in [0.25, 0.3) is 0 Å². The summed E-state index contributed by atoms with van der Waals surface area (Å²) < 4.78 is 1.32. The summed E-state index contributed by atoms with van der Waals surface area (Å²) >= 11 is 1.33. The predicted molar refractivity (Wildman–Crippen MR) is 239 cm³/mol. The Hall–Kier alpha value is -5.49. The Kier molecular flexibility index (Phi) is 10.7. The topological polar surface area (TPSA) is 0 Å². The predicted octanol–water partition coefficient (Wildman–Crippen LogP) is 14.4. The average Bonchev–Trinajstić information content (AvgIpc) is 3.96.